The summed E-state index contributed by atoms with van der Waals surface area (Å²) in [5.41, 5.74) is -0.642. The molecule has 0 N–H and O–H groups in total. The molecule has 2 aromatic rings. The second kappa shape index (κ2) is 10.1. The molecule has 1 saturated heterocycles. The maximum Gasteiger partial charge on any atom is 0.416 e. The van der Waals surface area contributed by atoms with Crippen LogP contribution in [-0.4, -0.2) is 29.2 Å². The van der Waals surface area contributed by atoms with Gasteiger partial charge in [-0.25, -0.2) is 0 Å². The molecule has 0 saturated carbocycles. The lowest BCUT2D eigenvalue weighted by molar-refractivity contribution is -0.138. The van der Waals surface area contributed by atoms with Gasteiger partial charge in [-0.05, 0) is 55.4 Å². The van der Waals surface area contributed by atoms with E-state index in [-0.39, 0.29) is 0 Å². The van der Waals surface area contributed by atoms with Crippen LogP contribution in [0.4, 0.5) is 26.3 Å². The van der Waals surface area contributed by atoms with Crippen LogP contribution >= 0.6 is 18.8 Å². The van der Waals surface area contributed by atoms with Crippen LogP contribution < -0.4 is 0 Å². The first-order valence-electron chi connectivity index (χ1n) is 10.6. The van der Waals surface area contributed by atoms with E-state index in [0.717, 1.165) is 36.4 Å². The van der Waals surface area contributed by atoms with E-state index in [0.29, 0.717) is 17.0 Å². The fourth-order valence-corrected chi connectivity index (χ4v) is 9.18. The van der Waals surface area contributed by atoms with Crippen LogP contribution in [-0.2, 0) is 12.4 Å². The van der Waals surface area contributed by atoms with E-state index < -0.39 is 43.0 Å². The van der Waals surface area contributed by atoms with Crippen LogP contribution in [0.2, 0.25) is 0 Å². The van der Waals surface area contributed by atoms with E-state index >= 15 is 0 Å². The highest BCUT2D eigenvalue weighted by Gasteiger charge is 2.46. The lowest BCUT2D eigenvalue weighted by Gasteiger charge is -2.27. The Morgan fingerprint density at radius 2 is 1.27 bits per heavy atom. The van der Waals surface area contributed by atoms with Crippen molar-refractivity contribution in [1.82, 2.24) is 9.34 Å². The highest BCUT2D eigenvalue weighted by atomic mass is 32.7. The lowest BCUT2D eigenvalue weighted by Crippen LogP contribution is -2.22. The highest BCUT2D eigenvalue weighted by Crippen LogP contribution is 2.69. The van der Waals surface area contributed by atoms with Gasteiger partial charge >= 0.3 is 12.4 Å². The summed E-state index contributed by atoms with van der Waals surface area (Å²) in [7, 11) is 2.72. The van der Waals surface area contributed by atoms with Crippen LogP contribution in [0.5, 0.6) is 0 Å². The Hall–Kier alpha value is -1.28. The molecule has 0 amide bonds. The zero-order chi connectivity index (χ0) is 24.6. The Balaban J connectivity index is 2.07. The zero-order valence-corrected chi connectivity index (χ0v) is 20.5. The highest BCUT2D eigenvalue weighted by molar-refractivity contribution is 8.54. The molecule has 1 fully saturated rings. The van der Waals surface area contributed by atoms with Crippen LogP contribution in [0, 0.1) is 5.92 Å². The molecular formula is C23H27F6N2PS. The maximum absolute atomic E-state index is 13.4. The van der Waals surface area contributed by atoms with Crippen LogP contribution in [0.25, 0.3) is 0 Å². The number of hydrogen-bond donors (Lipinski definition) is 0. The molecule has 3 atom stereocenters. The van der Waals surface area contributed by atoms with Gasteiger partial charge in [0.25, 0.3) is 0 Å². The summed E-state index contributed by atoms with van der Waals surface area (Å²) in [6, 6.07) is 9.22. The minimum absolute atomic E-state index is 0.440. The quantitative estimate of drug-likeness (QED) is 0.286. The number of benzene rings is 2. The Bertz CT molecular complexity index is 882. The third-order valence-electron chi connectivity index (χ3n) is 5.93. The van der Waals surface area contributed by atoms with Crippen molar-refractivity contribution in [2.45, 2.75) is 44.7 Å². The standard InChI is InChI=1S/C23H27F6N2PS/c1-5-15(2)14-33-32-30(3)20(16-8-6-10-18(12-16)22(24,25)26)21(31(32)4)17-9-7-11-19(13-17)23(27,28)29/h6-13,15,20-21H,5,14H2,1-4H3/t15?,20-,21-/m1/s1. The van der Waals surface area contributed by atoms with Gasteiger partial charge in [0.2, 0.25) is 0 Å². The fourth-order valence-electron chi connectivity index (χ4n) is 3.93. The summed E-state index contributed by atoms with van der Waals surface area (Å²) < 4.78 is 84.5. The Kier molecular flexibility index (Phi) is 8.09. The van der Waals surface area contributed by atoms with Crippen molar-refractivity contribution in [1.29, 1.82) is 0 Å². The molecule has 182 valence electrons. The van der Waals surface area contributed by atoms with Crippen LogP contribution in [0.15, 0.2) is 48.5 Å². The van der Waals surface area contributed by atoms with Crippen LogP contribution in [0.3, 0.4) is 0 Å². The Labute approximate surface area is 195 Å². The Morgan fingerprint density at radius 3 is 1.64 bits per heavy atom. The molecule has 2 nitrogen and oxygen atoms in total. The zero-order valence-electron chi connectivity index (χ0n) is 18.8. The monoisotopic (exact) mass is 508 g/mol. The van der Waals surface area contributed by atoms with E-state index in [9.17, 15) is 26.3 Å². The van der Waals surface area contributed by atoms with Crippen molar-refractivity contribution in [3.8, 4) is 0 Å². The summed E-state index contributed by atoms with van der Waals surface area (Å²) >= 11 is 1.72. The fraction of sp³-hybridized carbons (Fsp3) is 0.478. The molecule has 0 radical (unpaired) electrons. The lowest BCUT2D eigenvalue weighted by atomic mass is 9.91. The molecule has 1 aliphatic heterocycles. The van der Waals surface area contributed by atoms with Gasteiger partial charge in [-0.15, -0.1) is 11.4 Å². The summed E-state index contributed by atoms with van der Waals surface area (Å²) in [6.07, 6.45) is -8.00. The predicted octanol–water partition coefficient (Wildman–Crippen LogP) is 8.39. The number of hydrogen-bond acceptors (Lipinski definition) is 3. The molecule has 1 aliphatic rings. The topological polar surface area (TPSA) is 6.48 Å². The maximum atomic E-state index is 13.4. The number of alkyl halides is 6. The van der Waals surface area contributed by atoms with Crippen molar-refractivity contribution in [3.63, 3.8) is 0 Å². The molecule has 1 heterocycles. The first kappa shape index (κ1) is 26.3. The van der Waals surface area contributed by atoms with E-state index in [1.165, 1.54) is 12.1 Å². The second-order valence-electron chi connectivity index (χ2n) is 8.35. The van der Waals surface area contributed by atoms with Crippen molar-refractivity contribution in [2.24, 2.45) is 5.92 Å². The molecule has 2 aromatic carbocycles. The molecule has 10 heteroatoms. The predicted molar refractivity (Wildman–Crippen MR) is 123 cm³/mol. The van der Waals surface area contributed by atoms with Crippen molar-refractivity contribution in [3.05, 3.63) is 70.8 Å². The number of rotatable bonds is 6. The minimum atomic E-state index is -4.50. The third-order valence-corrected chi connectivity index (χ3v) is 11.1. The third kappa shape index (κ3) is 5.87. The van der Waals surface area contributed by atoms with E-state index in [1.807, 2.05) is 23.4 Å². The van der Waals surface area contributed by atoms with E-state index in [4.69, 9.17) is 0 Å². The molecule has 33 heavy (non-hydrogen) atoms. The molecule has 0 bridgehead atoms. The van der Waals surface area contributed by atoms with Crippen LogP contribution in [0.1, 0.15) is 54.6 Å². The van der Waals surface area contributed by atoms with E-state index in [2.05, 4.69) is 13.8 Å². The molecule has 0 spiro atoms. The Morgan fingerprint density at radius 1 is 0.848 bits per heavy atom. The average molecular weight is 509 g/mol. The van der Waals surface area contributed by atoms with Gasteiger partial charge in [-0.3, -0.25) is 9.34 Å². The van der Waals surface area contributed by atoms with Crippen molar-refractivity contribution < 1.29 is 26.3 Å². The molecule has 0 aromatic heterocycles. The summed E-state index contributed by atoms with van der Waals surface area (Å²) in [5.74, 6) is 1.32. The second-order valence-corrected chi connectivity index (χ2v) is 12.5. The first-order chi connectivity index (χ1) is 15.3. The van der Waals surface area contributed by atoms with Gasteiger partial charge in [0.05, 0.1) is 23.2 Å². The molecule has 0 aliphatic carbocycles. The summed E-state index contributed by atoms with van der Waals surface area (Å²) in [6.45, 7) is 4.23. The number of likely N-dealkylation sites (N-methyl/N-ethyl adjacent to an activating group) is 2. The normalized spacial score (nSPS) is 22.1. The SMILES string of the molecule is CCC(C)CSP1N(C)[C@H](c2cccc(C(F)(F)F)c2)[C@@H](c2cccc(C(F)(F)F)c2)N1C. The van der Waals surface area contributed by atoms with Crippen molar-refractivity contribution in [2.75, 3.05) is 19.8 Å². The molecular weight excluding hydrogens is 481 g/mol. The first-order valence-corrected chi connectivity index (χ1v) is 13.4. The average Bonchev–Trinajstić information content (AvgIpc) is 3.00. The summed E-state index contributed by atoms with van der Waals surface area (Å²) in [5, 5.41) is 0. The van der Waals surface area contributed by atoms with Gasteiger partial charge in [0.1, 0.15) is 7.42 Å². The summed E-state index contributed by atoms with van der Waals surface area (Å²) in [4.78, 5) is 0. The molecule has 3 rings (SSSR count). The largest absolute Gasteiger partial charge is 0.416 e. The van der Waals surface area contributed by atoms with E-state index in [1.54, 1.807) is 23.5 Å². The van der Waals surface area contributed by atoms with Gasteiger partial charge in [-0.2, -0.15) is 26.3 Å². The van der Waals surface area contributed by atoms with Gasteiger partial charge in [-0.1, -0.05) is 44.5 Å². The smallest absolute Gasteiger partial charge is 0.255 e. The number of nitrogens with zero attached hydrogens (tertiary/aromatic N) is 2. The van der Waals surface area contributed by atoms with Gasteiger partial charge in [0, 0.05) is 5.75 Å². The number of halogens is 6. The molecule has 1 unspecified atom stereocenters. The van der Waals surface area contributed by atoms with Gasteiger partial charge < -0.3 is 0 Å². The van der Waals surface area contributed by atoms with Gasteiger partial charge in [0.15, 0.2) is 0 Å². The minimum Gasteiger partial charge on any atom is -0.255 e. The van der Waals surface area contributed by atoms with Crippen molar-refractivity contribution >= 4 is 18.8 Å².